The predicted molar refractivity (Wildman–Crippen MR) is 79.6 cm³/mol. The van der Waals surface area contributed by atoms with E-state index in [9.17, 15) is 4.79 Å². The van der Waals surface area contributed by atoms with Gasteiger partial charge in [-0.25, -0.2) is 4.79 Å². The Morgan fingerprint density at radius 1 is 1.33 bits per heavy atom. The Bertz CT molecular complexity index is 614. The number of nitrogens with one attached hydrogen (secondary N) is 1. The van der Waals surface area contributed by atoms with E-state index < -0.39 is 5.97 Å². The van der Waals surface area contributed by atoms with E-state index >= 15 is 0 Å². The number of hydrogen-bond acceptors (Lipinski definition) is 4. The molecule has 0 aliphatic carbocycles. The normalized spacial score (nSPS) is 10.3. The third kappa shape index (κ3) is 4.29. The molecule has 2 rings (SSSR count). The number of para-hydroxylation sites is 1. The van der Waals surface area contributed by atoms with Gasteiger partial charge >= 0.3 is 5.97 Å². The molecule has 0 saturated carbocycles. The summed E-state index contributed by atoms with van der Waals surface area (Å²) in [6.45, 7) is 3.80. The van der Waals surface area contributed by atoms with E-state index in [4.69, 9.17) is 9.84 Å². The zero-order chi connectivity index (χ0) is 15.1. The highest BCUT2D eigenvalue weighted by atomic mass is 16.5. The Morgan fingerprint density at radius 2 is 2.14 bits per heavy atom. The minimum absolute atomic E-state index is 0.183. The summed E-state index contributed by atoms with van der Waals surface area (Å²) >= 11 is 0. The van der Waals surface area contributed by atoms with Gasteiger partial charge in [0.1, 0.15) is 17.9 Å². The third-order valence-corrected chi connectivity index (χ3v) is 3.11. The molecular formula is C16H18N2O3. The maximum Gasteiger partial charge on any atom is 0.339 e. The molecule has 0 amide bonds. The maximum absolute atomic E-state index is 11.0. The van der Waals surface area contributed by atoms with Gasteiger partial charge in [-0.2, -0.15) is 0 Å². The van der Waals surface area contributed by atoms with Crippen LogP contribution in [0.2, 0.25) is 0 Å². The Balaban J connectivity index is 1.78. The molecule has 5 heteroatoms. The topological polar surface area (TPSA) is 71.5 Å². The average molecular weight is 286 g/mol. The lowest BCUT2D eigenvalue weighted by molar-refractivity contribution is 0.0692. The van der Waals surface area contributed by atoms with Crippen molar-refractivity contribution >= 4 is 5.97 Å². The molecule has 5 nitrogen and oxygen atoms in total. The first kappa shape index (κ1) is 15.0. The highest BCUT2D eigenvalue weighted by Crippen LogP contribution is 2.17. The van der Waals surface area contributed by atoms with Crippen molar-refractivity contribution in [1.82, 2.24) is 10.3 Å². The summed E-state index contributed by atoms with van der Waals surface area (Å²) in [5.41, 5.74) is 2.51. The van der Waals surface area contributed by atoms with Gasteiger partial charge in [0.05, 0.1) is 0 Å². The molecule has 0 atom stereocenters. The lowest BCUT2D eigenvalue weighted by Crippen LogP contribution is -2.21. The summed E-state index contributed by atoms with van der Waals surface area (Å²) in [7, 11) is 0. The maximum atomic E-state index is 11.0. The first-order chi connectivity index (χ1) is 10.2. The van der Waals surface area contributed by atoms with Gasteiger partial charge in [-0.05, 0) is 36.2 Å². The van der Waals surface area contributed by atoms with Crippen LogP contribution in [0.25, 0.3) is 0 Å². The number of carboxylic acids is 1. The minimum atomic E-state index is -0.981. The summed E-state index contributed by atoms with van der Waals surface area (Å²) in [5.74, 6) is -0.585. The molecule has 1 heterocycles. The fourth-order valence-corrected chi connectivity index (χ4v) is 1.93. The van der Waals surface area contributed by atoms with Gasteiger partial charge in [0, 0.05) is 25.5 Å². The number of carboxylic acid groups (broad SMARTS) is 1. The second-order valence-electron chi connectivity index (χ2n) is 4.63. The standard InChI is InChI=1S/C16H18N2O3/c1-12-10-17-7-6-13(12)11-18-8-9-21-15-5-3-2-4-14(15)16(19)20/h2-7,10,18H,8-9,11H2,1H3,(H,19,20). The van der Waals surface area contributed by atoms with E-state index in [1.54, 1.807) is 24.4 Å². The molecule has 0 saturated heterocycles. The van der Waals surface area contributed by atoms with Crippen molar-refractivity contribution in [3.8, 4) is 5.75 Å². The smallest absolute Gasteiger partial charge is 0.339 e. The number of benzene rings is 1. The lowest BCUT2D eigenvalue weighted by Gasteiger charge is -2.10. The molecular weight excluding hydrogens is 268 g/mol. The quantitative estimate of drug-likeness (QED) is 0.764. The summed E-state index contributed by atoms with van der Waals surface area (Å²) < 4.78 is 5.51. The van der Waals surface area contributed by atoms with Gasteiger partial charge in [0.25, 0.3) is 0 Å². The molecule has 110 valence electrons. The molecule has 2 N–H and O–H groups in total. The number of nitrogens with zero attached hydrogens (tertiary/aromatic N) is 1. The van der Waals surface area contributed by atoms with Crippen molar-refractivity contribution < 1.29 is 14.6 Å². The largest absolute Gasteiger partial charge is 0.491 e. The molecule has 21 heavy (non-hydrogen) atoms. The lowest BCUT2D eigenvalue weighted by atomic mass is 10.1. The summed E-state index contributed by atoms with van der Waals surface area (Å²) in [4.78, 5) is 15.1. The number of hydrogen-bond donors (Lipinski definition) is 2. The highest BCUT2D eigenvalue weighted by Gasteiger charge is 2.09. The van der Waals surface area contributed by atoms with Crippen molar-refractivity contribution in [2.24, 2.45) is 0 Å². The first-order valence-corrected chi connectivity index (χ1v) is 6.74. The number of ether oxygens (including phenoxy) is 1. The molecule has 0 aliphatic rings. The molecule has 1 aromatic carbocycles. The van der Waals surface area contributed by atoms with Crippen LogP contribution in [0.5, 0.6) is 5.75 Å². The van der Waals surface area contributed by atoms with E-state index in [0.29, 0.717) is 18.9 Å². The second kappa shape index (κ2) is 7.40. The number of rotatable bonds is 7. The van der Waals surface area contributed by atoms with Crippen LogP contribution in [-0.4, -0.2) is 29.2 Å². The SMILES string of the molecule is Cc1cnccc1CNCCOc1ccccc1C(=O)O. The fraction of sp³-hybridized carbons (Fsp3) is 0.250. The van der Waals surface area contributed by atoms with Gasteiger partial charge in [0.2, 0.25) is 0 Å². The van der Waals surface area contributed by atoms with Crippen LogP contribution in [0.3, 0.4) is 0 Å². The zero-order valence-electron chi connectivity index (χ0n) is 11.9. The number of aryl methyl sites for hydroxylation is 1. The van der Waals surface area contributed by atoms with E-state index in [1.807, 2.05) is 19.2 Å². The molecule has 1 aromatic heterocycles. The first-order valence-electron chi connectivity index (χ1n) is 6.74. The Hall–Kier alpha value is -2.40. The van der Waals surface area contributed by atoms with Crippen LogP contribution in [0.1, 0.15) is 21.5 Å². The van der Waals surface area contributed by atoms with Gasteiger partial charge in [-0.1, -0.05) is 12.1 Å². The Labute approximate surface area is 123 Å². The van der Waals surface area contributed by atoms with Gasteiger partial charge < -0.3 is 15.2 Å². The minimum Gasteiger partial charge on any atom is -0.491 e. The number of aromatic nitrogens is 1. The molecule has 2 aromatic rings. The highest BCUT2D eigenvalue weighted by molar-refractivity contribution is 5.90. The van der Waals surface area contributed by atoms with E-state index in [0.717, 1.165) is 12.1 Å². The van der Waals surface area contributed by atoms with Gasteiger partial charge in [0.15, 0.2) is 0 Å². The van der Waals surface area contributed by atoms with Crippen molar-refractivity contribution in [2.45, 2.75) is 13.5 Å². The van der Waals surface area contributed by atoms with Crippen LogP contribution in [0, 0.1) is 6.92 Å². The van der Waals surface area contributed by atoms with Crippen LogP contribution in [-0.2, 0) is 6.54 Å². The molecule has 0 bridgehead atoms. The Kier molecular flexibility index (Phi) is 5.29. The Morgan fingerprint density at radius 3 is 2.90 bits per heavy atom. The van der Waals surface area contributed by atoms with Crippen molar-refractivity contribution in [3.63, 3.8) is 0 Å². The number of carbonyl (C=O) groups is 1. The molecule has 0 fully saturated rings. The predicted octanol–water partition coefficient (Wildman–Crippen LogP) is 2.26. The summed E-state index contributed by atoms with van der Waals surface area (Å²) in [6.07, 6.45) is 3.60. The van der Waals surface area contributed by atoms with Crippen LogP contribution in [0.4, 0.5) is 0 Å². The van der Waals surface area contributed by atoms with Crippen LogP contribution < -0.4 is 10.1 Å². The van der Waals surface area contributed by atoms with E-state index in [1.165, 1.54) is 11.6 Å². The van der Waals surface area contributed by atoms with Crippen molar-refractivity contribution in [1.29, 1.82) is 0 Å². The van der Waals surface area contributed by atoms with Gasteiger partial charge in [-0.3, -0.25) is 4.98 Å². The second-order valence-corrected chi connectivity index (χ2v) is 4.63. The molecule has 0 unspecified atom stereocenters. The molecule has 0 aliphatic heterocycles. The van der Waals surface area contributed by atoms with E-state index in [-0.39, 0.29) is 5.56 Å². The van der Waals surface area contributed by atoms with Gasteiger partial charge in [-0.15, -0.1) is 0 Å². The number of pyridine rings is 1. The van der Waals surface area contributed by atoms with Crippen molar-refractivity contribution in [3.05, 3.63) is 59.4 Å². The fourth-order valence-electron chi connectivity index (χ4n) is 1.93. The molecule has 0 radical (unpaired) electrons. The van der Waals surface area contributed by atoms with Crippen molar-refractivity contribution in [2.75, 3.05) is 13.2 Å². The number of aromatic carboxylic acids is 1. The average Bonchev–Trinajstić information content (AvgIpc) is 2.49. The van der Waals surface area contributed by atoms with Crippen LogP contribution >= 0.6 is 0 Å². The zero-order valence-corrected chi connectivity index (χ0v) is 11.9. The monoisotopic (exact) mass is 286 g/mol. The summed E-state index contributed by atoms with van der Waals surface area (Å²) in [6, 6.07) is 8.61. The molecule has 0 spiro atoms. The van der Waals surface area contributed by atoms with E-state index in [2.05, 4.69) is 10.3 Å². The third-order valence-electron chi connectivity index (χ3n) is 3.11. The van der Waals surface area contributed by atoms with Crippen LogP contribution in [0.15, 0.2) is 42.7 Å². The summed E-state index contributed by atoms with van der Waals surface area (Å²) in [5, 5.41) is 12.3.